The highest BCUT2D eigenvalue weighted by atomic mass is 16.4. The van der Waals surface area contributed by atoms with Crippen molar-refractivity contribution >= 4 is 11.9 Å². The van der Waals surface area contributed by atoms with Gasteiger partial charge in [0.1, 0.15) is 0 Å². The fourth-order valence-corrected chi connectivity index (χ4v) is 2.20. The molecule has 1 aliphatic rings. The molecular formula is C12H21NO3. The number of amides is 1. The average molecular weight is 227 g/mol. The van der Waals surface area contributed by atoms with E-state index in [1.165, 1.54) is 0 Å². The molecular weight excluding hydrogens is 206 g/mol. The van der Waals surface area contributed by atoms with Gasteiger partial charge in [0.2, 0.25) is 5.91 Å². The molecule has 0 unspecified atom stereocenters. The van der Waals surface area contributed by atoms with E-state index in [0.717, 1.165) is 12.8 Å². The molecule has 16 heavy (non-hydrogen) atoms. The van der Waals surface area contributed by atoms with Gasteiger partial charge in [-0.2, -0.15) is 0 Å². The Kier molecular flexibility index (Phi) is 3.94. The zero-order valence-corrected chi connectivity index (χ0v) is 10.2. The van der Waals surface area contributed by atoms with Crippen LogP contribution in [-0.4, -0.2) is 22.5 Å². The molecule has 0 aromatic heterocycles. The fraction of sp³-hybridized carbons (Fsp3) is 0.833. The van der Waals surface area contributed by atoms with Gasteiger partial charge in [0.05, 0.1) is 11.8 Å². The molecule has 1 saturated carbocycles. The lowest BCUT2D eigenvalue weighted by atomic mass is 9.78. The molecule has 1 aliphatic carbocycles. The summed E-state index contributed by atoms with van der Waals surface area (Å²) in [4.78, 5) is 23.0. The summed E-state index contributed by atoms with van der Waals surface area (Å²) < 4.78 is 0. The predicted octanol–water partition coefficient (Wildman–Crippen LogP) is 1.79. The summed E-state index contributed by atoms with van der Waals surface area (Å²) in [6, 6.07) is 0. The third-order valence-electron chi connectivity index (χ3n) is 2.92. The second-order valence-electron chi connectivity index (χ2n) is 5.57. The lowest BCUT2D eigenvalue weighted by Gasteiger charge is -2.30. The van der Waals surface area contributed by atoms with E-state index in [1.54, 1.807) is 0 Å². The van der Waals surface area contributed by atoms with Gasteiger partial charge in [0.15, 0.2) is 0 Å². The Hall–Kier alpha value is -1.06. The van der Waals surface area contributed by atoms with Gasteiger partial charge in [-0.25, -0.2) is 0 Å². The first kappa shape index (κ1) is 13.0. The van der Waals surface area contributed by atoms with Gasteiger partial charge in [-0.05, 0) is 33.6 Å². The summed E-state index contributed by atoms with van der Waals surface area (Å²) in [6.45, 7) is 5.72. The van der Waals surface area contributed by atoms with Crippen LogP contribution in [0.1, 0.15) is 46.5 Å². The SMILES string of the molecule is CC(C)(C)NC(=O)[C@H]1CCCC[C@@H]1C(=O)O. The summed E-state index contributed by atoms with van der Waals surface area (Å²) >= 11 is 0. The van der Waals surface area contributed by atoms with E-state index in [0.29, 0.717) is 12.8 Å². The third kappa shape index (κ3) is 3.51. The number of carboxylic acid groups (broad SMARTS) is 1. The molecule has 0 saturated heterocycles. The van der Waals surface area contributed by atoms with Crippen molar-refractivity contribution in [1.29, 1.82) is 0 Å². The molecule has 2 N–H and O–H groups in total. The van der Waals surface area contributed by atoms with Crippen LogP contribution in [0.3, 0.4) is 0 Å². The quantitative estimate of drug-likeness (QED) is 0.755. The van der Waals surface area contributed by atoms with Gasteiger partial charge < -0.3 is 10.4 Å². The van der Waals surface area contributed by atoms with E-state index in [4.69, 9.17) is 5.11 Å². The fourth-order valence-electron chi connectivity index (χ4n) is 2.20. The maximum absolute atomic E-state index is 12.0. The minimum Gasteiger partial charge on any atom is -0.481 e. The molecule has 1 amide bonds. The zero-order valence-electron chi connectivity index (χ0n) is 10.2. The minimum absolute atomic E-state index is 0.111. The summed E-state index contributed by atoms with van der Waals surface area (Å²) in [5, 5.41) is 11.9. The van der Waals surface area contributed by atoms with Crippen LogP contribution in [-0.2, 0) is 9.59 Å². The van der Waals surface area contributed by atoms with Crippen LogP contribution in [0, 0.1) is 11.8 Å². The van der Waals surface area contributed by atoms with Gasteiger partial charge in [-0.3, -0.25) is 9.59 Å². The van der Waals surface area contributed by atoms with E-state index in [9.17, 15) is 9.59 Å². The summed E-state index contributed by atoms with van der Waals surface area (Å²) in [5.74, 6) is -1.81. The van der Waals surface area contributed by atoms with Crippen molar-refractivity contribution in [3.63, 3.8) is 0 Å². The summed E-state index contributed by atoms with van der Waals surface area (Å²) in [7, 11) is 0. The third-order valence-corrected chi connectivity index (χ3v) is 2.92. The molecule has 92 valence electrons. The number of carbonyl (C=O) groups is 2. The van der Waals surface area contributed by atoms with Crippen molar-refractivity contribution in [2.45, 2.75) is 52.0 Å². The van der Waals surface area contributed by atoms with E-state index in [1.807, 2.05) is 20.8 Å². The molecule has 0 spiro atoms. The van der Waals surface area contributed by atoms with E-state index in [-0.39, 0.29) is 17.4 Å². The van der Waals surface area contributed by atoms with Crippen LogP contribution in [0.25, 0.3) is 0 Å². The monoisotopic (exact) mass is 227 g/mol. The number of hydrogen-bond donors (Lipinski definition) is 2. The first-order chi connectivity index (χ1) is 7.31. The maximum Gasteiger partial charge on any atom is 0.307 e. The molecule has 1 fully saturated rings. The first-order valence-corrected chi connectivity index (χ1v) is 5.86. The number of hydrogen-bond acceptors (Lipinski definition) is 2. The van der Waals surface area contributed by atoms with Crippen LogP contribution in [0.4, 0.5) is 0 Å². The van der Waals surface area contributed by atoms with Gasteiger partial charge in [-0.15, -0.1) is 0 Å². The molecule has 1 rings (SSSR count). The first-order valence-electron chi connectivity index (χ1n) is 5.86. The molecule has 0 aromatic rings. The van der Waals surface area contributed by atoms with Crippen molar-refractivity contribution in [2.24, 2.45) is 11.8 Å². The number of aliphatic carboxylic acids is 1. The maximum atomic E-state index is 12.0. The highest BCUT2D eigenvalue weighted by molar-refractivity contribution is 5.85. The Morgan fingerprint density at radius 3 is 2.06 bits per heavy atom. The van der Waals surface area contributed by atoms with Gasteiger partial charge in [0.25, 0.3) is 0 Å². The second kappa shape index (κ2) is 4.85. The minimum atomic E-state index is -0.839. The Morgan fingerprint density at radius 2 is 1.62 bits per heavy atom. The number of carbonyl (C=O) groups excluding carboxylic acids is 1. The van der Waals surface area contributed by atoms with Crippen molar-refractivity contribution in [1.82, 2.24) is 5.32 Å². The smallest absolute Gasteiger partial charge is 0.307 e. The molecule has 0 radical (unpaired) electrons. The highest BCUT2D eigenvalue weighted by Gasteiger charge is 2.36. The Morgan fingerprint density at radius 1 is 1.12 bits per heavy atom. The summed E-state index contributed by atoms with van der Waals surface area (Å²) in [5.41, 5.74) is -0.294. The van der Waals surface area contributed by atoms with Crippen molar-refractivity contribution in [3.05, 3.63) is 0 Å². The second-order valence-corrected chi connectivity index (χ2v) is 5.57. The molecule has 2 atom stereocenters. The lowest BCUT2D eigenvalue weighted by Crippen LogP contribution is -2.47. The van der Waals surface area contributed by atoms with Crippen LogP contribution in [0.15, 0.2) is 0 Å². The normalized spacial score (nSPS) is 26.2. The largest absolute Gasteiger partial charge is 0.481 e. The van der Waals surface area contributed by atoms with Gasteiger partial charge in [-0.1, -0.05) is 12.8 Å². The molecule has 0 aliphatic heterocycles. The topological polar surface area (TPSA) is 66.4 Å². The van der Waals surface area contributed by atoms with Crippen molar-refractivity contribution in [2.75, 3.05) is 0 Å². The van der Waals surface area contributed by atoms with E-state index >= 15 is 0 Å². The van der Waals surface area contributed by atoms with Crippen LogP contribution >= 0.6 is 0 Å². The molecule has 0 aromatic carbocycles. The number of rotatable bonds is 2. The Bertz CT molecular complexity index is 280. The van der Waals surface area contributed by atoms with Crippen molar-refractivity contribution < 1.29 is 14.7 Å². The molecule has 0 bridgehead atoms. The van der Waals surface area contributed by atoms with Crippen LogP contribution < -0.4 is 5.32 Å². The Labute approximate surface area is 96.4 Å². The van der Waals surface area contributed by atoms with E-state index in [2.05, 4.69) is 5.32 Å². The van der Waals surface area contributed by atoms with Gasteiger partial charge >= 0.3 is 5.97 Å². The number of nitrogens with one attached hydrogen (secondary N) is 1. The standard InChI is InChI=1S/C12H21NO3/c1-12(2,3)13-10(14)8-6-4-5-7-9(8)11(15)16/h8-9H,4-7H2,1-3H3,(H,13,14)(H,15,16)/t8-,9-/m0/s1. The zero-order chi connectivity index (χ0) is 12.3. The van der Waals surface area contributed by atoms with Crippen molar-refractivity contribution in [3.8, 4) is 0 Å². The average Bonchev–Trinajstić information content (AvgIpc) is 2.15. The lowest BCUT2D eigenvalue weighted by molar-refractivity contribution is -0.149. The summed E-state index contributed by atoms with van der Waals surface area (Å²) in [6.07, 6.45) is 3.18. The molecule has 4 nitrogen and oxygen atoms in total. The van der Waals surface area contributed by atoms with E-state index < -0.39 is 11.9 Å². The molecule has 0 heterocycles. The van der Waals surface area contributed by atoms with Crippen LogP contribution in [0.5, 0.6) is 0 Å². The predicted molar refractivity (Wildman–Crippen MR) is 61.0 cm³/mol. The highest BCUT2D eigenvalue weighted by Crippen LogP contribution is 2.30. The number of carboxylic acids is 1. The Balaban J connectivity index is 2.68. The molecule has 4 heteroatoms. The van der Waals surface area contributed by atoms with Gasteiger partial charge in [0, 0.05) is 5.54 Å². The van der Waals surface area contributed by atoms with Crippen LogP contribution in [0.2, 0.25) is 0 Å².